The Hall–Kier alpha value is -1.59. The lowest BCUT2D eigenvalue weighted by atomic mass is 9.88. The van der Waals surface area contributed by atoms with Crippen molar-refractivity contribution in [3.63, 3.8) is 0 Å². The fourth-order valence-corrected chi connectivity index (χ4v) is 3.98. The molecule has 144 valence electrons. The van der Waals surface area contributed by atoms with Gasteiger partial charge in [0.05, 0.1) is 6.10 Å². The number of aryl methyl sites for hydroxylation is 1. The van der Waals surface area contributed by atoms with Crippen molar-refractivity contribution in [1.82, 2.24) is 10.2 Å². The average Bonchev–Trinajstić information content (AvgIpc) is 2.72. The maximum absolute atomic E-state index is 12.3. The Bertz CT molecular complexity index is 537. The number of piperidine rings is 1. The summed E-state index contributed by atoms with van der Waals surface area (Å²) in [4.78, 5) is 14.3. The Labute approximate surface area is 156 Å². The van der Waals surface area contributed by atoms with Crippen molar-refractivity contribution >= 4 is 6.03 Å². The molecular weight excluding hydrogens is 328 g/mol. The molecule has 0 aliphatic carbocycles. The van der Waals surface area contributed by atoms with Crippen molar-refractivity contribution in [1.29, 1.82) is 0 Å². The van der Waals surface area contributed by atoms with E-state index in [1.54, 1.807) is 0 Å². The summed E-state index contributed by atoms with van der Waals surface area (Å²) in [6, 6.07) is 10.4. The van der Waals surface area contributed by atoms with Crippen LogP contribution in [0.5, 0.6) is 0 Å². The van der Waals surface area contributed by atoms with E-state index in [1.807, 2.05) is 23.1 Å². The highest BCUT2D eigenvalue weighted by molar-refractivity contribution is 5.74. The molecule has 2 aliphatic heterocycles. The van der Waals surface area contributed by atoms with Gasteiger partial charge in [-0.15, -0.1) is 0 Å². The summed E-state index contributed by atoms with van der Waals surface area (Å²) in [5, 5.41) is 13.6. The molecule has 2 heterocycles. The van der Waals surface area contributed by atoms with Crippen LogP contribution in [0.4, 0.5) is 4.79 Å². The number of ether oxygens (including phenoxy) is 1. The molecule has 0 aromatic heterocycles. The van der Waals surface area contributed by atoms with Gasteiger partial charge in [-0.1, -0.05) is 30.3 Å². The van der Waals surface area contributed by atoms with Crippen molar-refractivity contribution in [3.8, 4) is 0 Å². The minimum absolute atomic E-state index is 0.0497. The van der Waals surface area contributed by atoms with E-state index in [9.17, 15) is 9.90 Å². The normalized spacial score (nSPS) is 20.7. The van der Waals surface area contributed by atoms with Crippen LogP contribution in [0.25, 0.3) is 0 Å². The fraction of sp³-hybridized carbons (Fsp3) is 0.667. The molecule has 5 nitrogen and oxygen atoms in total. The number of aliphatic hydroxyl groups is 1. The molecule has 0 spiro atoms. The smallest absolute Gasteiger partial charge is 0.317 e. The third kappa shape index (κ3) is 5.71. The number of aliphatic hydroxyl groups excluding tert-OH is 1. The molecule has 0 saturated carbocycles. The first-order valence-corrected chi connectivity index (χ1v) is 10.0. The third-order valence-electron chi connectivity index (χ3n) is 5.83. The molecule has 1 aromatic rings. The van der Waals surface area contributed by atoms with Crippen molar-refractivity contribution < 1.29 is 14.6 Å². The number of nitrogens with one attached hydrogen (secondary N) is 1. The van der Waals surface area contributed by atoms with Crippen LogP contribution in [0.2, 0.25) is 0 Å². The molecule has 0 unspecified atom stereocenters. The number of carbonyl (C=O) groups is 1. The van der Waals surface area contributed by atoms with Crippen molar-refractivity contribution in [3.05, 3.63) is 35.9 Å². The Morgan fingerprint density at radius 3 is 2.54 bits per heavy atom. The molecule has 2 amide bonds. The number of hydrogen-bond acceptors (Lipinski definition) is 3. The predicted octanol–water partition coefficient (Wildman–Crippen LogP) is 2.83. The first kappa shape index (κ1) is 19.2. The molecule has 2 N–H and O–H groups in total. The SMILES string of the molecule is O=C(NCC1CCOCC1)N1CCC([C@@H](O)CCc2ccccc2)CC1. The van der Waals surface area contributed by atoms with E-state index in [0.29, 0.717) is 11.8 Å². The van der Waals surface area contributed by atoms with E-state index in [2.05, 4.69) is 17.4 Å². The zero-order valence-corrected chi connectivity index (χ0v) is 15.6. The summed E-state index contributed by atoms with van der Waals surface area (Å²) in [6.45, 7) is 3.86. The molecule has 2 fully saturated rings. The molecule has 1 aromatic carbocycles. The van der Waals surface area contributed by atoms with Gasteiger partial charge >= 0.3 is 6.03 Å². The second-order valence-electron chi connectivity index (χ2n) is 7.66. The van der Waals surface area contributed by atoms with Gasteiger partial charge in [-0.05, 0) is 55.9 Å². The van der Waals surface area contributed by atoms with E-state index in [0.717, 1.165) is 71.4 Å². The van der Waals surface area contributed by atoms with Crippen LogP contribution in [0.3, 0.4) is 0 Å². The maximum atomic E-state index is 12.3. The first-order valence-electron chi connectivity index (χ1n) is 10.0. The van der Waals surface area contributed by atoms with Crippen LogP contribution < -0.4 is 5.32 Å². The summed E-state index contributed by atoms with van der Waals surface area (Å²) in [7, 11) is 0. The van der Waals surface area contributed by atoms with Crippen LogP contribution in [0, 0.1) is 11.8 Å². The van der Waals surface area contributed by atoms with Gasteiger partial charge in [-0.2, -0.15) is 0 Å². The summed E-state index contributed by atoms with van der Waals surface area (Å²) >= 11 is 0. The van der Waals surface area contributed by atoms with E-state index in [1.165, 1.54) is 5.56 Å². The van der Waals surface area contributed by atoms with E-state index in [4.69, 9.17) is 4.74 Å². The molecular formula is C21H32N2O3. The van der Waals surface area contributed by atoms with E-state index >= 15 is 0 Å². The molecule has 5 heteroatoms. The zero-order chi connectivity index (χ0) is 18.2. The first-order chi connectivity index (χ1) is 12.7. The number of nitrogens with zero attached hydrogens (tertiary/aromatic N) is 1. The van der Waals surface area contributed by atoms with E-state index < -0.39 is 0 Å². The Morgan fingerprint density at radius 2 is 1.85 bits per heavy atom. The van der Waals surface area contributed by atoms with Crippen molar-refractivity contribution in [2.75, 3.05) is 32.8 Å². The summed E-state index contributed by atoms with van der Waals surface area (Å²) in [5.41, 5.74) is 1.27. The van der Waals surface area contributed by atoms with Gasteiger partial charge in [0, 0.05) is 32.8 Å². The highest BCUT2D eigenvalue weighted by Gasteiger charge is 2.27. The average molecular weight is 360 g/mol. The number of hydrogen-bond donors (Lipinski definition) is 2. The van der Waals surface area contributed by atoms with Gasteiger partial charge in [0.1, 0.15) is 0 Å². The van der Waals surface area contributed by atoms with Gasteiger partial charge in [0.25, 0.3) is 0 Å². The lowest BCUT2D eigenvalue weighted by molar-refractivity contribution is 0.0582. The summed E-state index contributed by atoms with van der Waals surface area (Å²) in [6.07, 6.45) is 5.29. The molecule has 3 rings (SSSR count). The van der Waals surface area contributed by atoms with Gasteiger partial charge in [0.15, 0.2) is 0 Å². The molecule has 0 bridgehead atoms. The van der Waals surface area contributed by atoms with Crippen molar-refractivity contribution in [2.24, 2.45) is 11.8 Å². The monoisotopic (exact) mass is 360 g/mol. The second kappa shape index (κ2) is 9.93. The minimum Gasteiger partial charge on any atom is -0.393 e. The molecule has 26 heavy (non-hydrogen) atoms. The quantitative estimate of drug-likeness (QED) is 0.820. The number of urea groups is 1. The highest BCUT2D eigenvalue weighted by Crippen LogP contribution is 2.23. The van der Waals surface area contributed by atoms with E-state index in [-0.39, 0.29) is 12.1 Å². The maximum Gasteiger partial charge on any atom is 0.317 e. The number of amides is 2. The standard InChI is InChI=1S/C21H32N2O3/c24-20(7-6-17-4-2-1-3-5-17)19-8-12-23(13-9-19)21(25)22-16-18-10-14-26-15-11-18/h1-5,18-20,24H,6-16H2,(H,22,25)/t20-/m0/s1. The van der Waals surface area contributed by atoms with Crippen LogP contribution in [-0.2, 0) is 11.2 Å². The summed E-state index contributed by atoms with van der Waals surface area (Å²) < 4.78 is 5.36. The lowest BCUT2D eigenvalue weighted by Gasteiger charge is -2.34. The predicted molar refractivity (Wildman–Crippen MR) is 102 cm³/mol. The number of carbonyl (C=O) groups excluding carboxylic acids is 1. The topological polar surface area (TPSA) is 61.8 Å². The molecule has 2 saturated heterocycles. The van der Waals surface area contributed by atoms with Gasteiger partial charge in [-0.25, -0.2) is 4.79 Å². The Morgan fingerprint density at radius 1 is 1.15 bits per heavy atom. The second-order valence-corrected chi connectivity index (χ2v) is 7.66. The molecule has 2 aliphatic rings. The van der Waals surface area contributed by atoms with Crippen LogP contribution in [0.15, 0.2) is 30.3 Å². The highest BCUT2D eigenvalue weighted by atomic mass is 16.5. The third-order valence-corrected chi connectivity index (χ3v) is 5.83. The molecule has 0 radical (unpaired) electrons. The van der Waals surface area contributed by atoms with Gasteiger partial charge in [0.2, 0.25) is 0 Å². The van der Waals surface area contributed by atoms with Gasteiger partial charge in [-0.3, -0.25) is 0 Å². The van der Waals surface area contributed by atoms with Crippen LogP contribution >= 0.6 is 0 Å². The number of benzene rings is 1. The molecule has 1 atom stereocenters. The lowest BCUT2D eigenvalue weighted by Crippen LogP contribution is -2.47. The Balaban J connectivity index is 1.34. The fourth-order valence-electron chi connectivity index (χ4n) is 3.98. The number of rotatable bonds is 6. The largest absolute Gasteiger partial charge is 0.393 e. The Kier molecular flexibility index (Phi) is 7.32. The number of likely N-dealkylation sites (tertiary alicyclic amines) is 1. The summed E-state index contributed by atoms with van der Waals surface area (Å²) in [5.74, 6) is 0.850. The van der Waals surface area contributed by atoms with Crippen LogP contribution in [0.1, 0.15) is 37.7 Å². The minimum atomic E-state index is -0.275. The van der Waals surface area contributed by atoms with Crippen molar-refractivity contribution in [2.45, 2.75) is 44.6 Å². The van der Waals surface area contributed by atoms with Crippen LogP contribution in [-0.4, -0.2) is 55.0 Å². The zero-order valence-electron chi connectivity index (χ0n) is 15.6. The van der Waals surface area contributed by atoms with Gasteiger partial charge < -0.3 is 20.1 Å².